The van der Waals surface area contributed by atoms with Gasteiger partial charge in [0.15, 0.2) is 11.5 Å². The number of para-hydroxylation sites is 1. The molecule has 0 aliphatic carbocycles. The molecule has 0 bridgehead atoms. The number of methoxy groups -OCH3 is 2. The Bertz CT molecular complexity index is 1780. The van der Waals surface area contributed by atoms with E-state index < -0.39 is 5.92 Å². The van der Waals surface area contributed by atoms with E-state index in [2.05, 4.69) is 4.98 Å². The Morgan fingerprint density at radius 3 is 2.52 bits per heavy atom. The zero-order valence-electron chi connectivity index (χ0n) is 21.9. The van der Waals surface area contributed by atoms with Crippen molar-refractivity contribution in [2.75, 3.05) is 14.2 Å². The Labute approximate surface area is 229 Å². The Morgan fingerprint density at radius 1 is 0.900 bits per heavy atom. The lowest BCUT2D eigenvalue weighted by Gasteiger charge is -2.27. The monoisotopic (exact) mass is 535 g/mol. The number of ether oxygens (including phenoxy) is 4. The van der Waals surface area contributed by atoms with Gasteiger partial charge in [0.25, 0.3) is 0 Å². The van der Waals surface area contributed by atoms with Gasteiger partial charge in [-0.25, -0.2) is 0 Å². The van der Waals surface area contributed by atoms with Gasteiger partial charge < -0.3 is 23.4 Å². The van der Waals surface area contributed by atoms with Crippen molar-refractivity contribution in [2.24, 2.45) is 0 Å². The number of carbonyl (C=O) groups excluding carboxylic acids is 1. The molecule has 200 valence electrons. The highest BCUT2D eigenvalue weighted by atomic mass is 16.5. The van der Waals surface area contributed by atoms with Gasteiger partial charge in [-0.15, -0.1) is 0 Å². The maximum atomic E-state index is 13.7. The van der Waals surface area contributed by atoms with Crippen molar-refractivity contribution in [3.05, 3.63) is 112 Å². The number of carbonyl (C=O) groups is 1. The van der Waals surface area contributed by atoms with Crippen LogP contribution in [0, 0.1) is 0 Å². The van der Waals surface area contributed by atoms with Gasteiger partial charge in [0.2, 0.25) is 5.43 Å². The van der Waals surface area contributed by atoms with E-state index in [0.29, 0.717) is 50.7 Å². The van der Waals surface area contributed by atoms with Crippen molar-refractivity contribution in [1.82, 2.24) is 4.98 Å². The molecule has 0 unspecified atom stereocenters. The minimum atomic E-state index is -0.449. The third kappa shape index (κ3) is 4.53. The number of aromatic nitrogens is 1. The minimum Gasteiger partial charge on any atom is -0.493 e. The summed E-state index contributed by atoms with van der Waals surface area (Å²) in [6.45, 7) is 0.265. The van der Waals surface area contributed by atoms with E-state index in [-0.39, 0.29) is 24.4 Å². The van der Waals surface area contributed by atoms with Crippen LogP contribution in [0.5, 0.6) is 23.0 Å². The normalized spacial score (nSPS) is 14.3. The summed E-state index contributed by atoms with van der Waals surface area (Å²) in [6, 6.07) is 21.7. The average molecular weight is 536 g/mol. The van der Waals surface area contributed by atoms with Crippen LogP contribution in [-0.2, 0) is 11.4 Å². The van der Waals surface area contributed by atoms with E-state index in [1.165, 1.54) is 13.4 Å². The van der Waals surface area contributed by atoms with Gasteiger partial charge in [0.1, 0.15) is 30.0 Å². The standard InChI is InChI=1S/C32H25NO7/c1-36-26-12-10-19(15-28(26)37-2)24-18-39-32-22(31(24)35)11-13-27-30(32)23(16-29(34)40-27)21-8-3-4-9-25(21)38-17-20-7-5-6-14-33-20/h3-15,18,23H,16-17H2,1-2H3/t23-/m1/s1. The number of benzene rings is 3. The van der Waals surface area contributed by atoms with Gasteiger partial charge in [-0.05, 0) is 48.0 Å². The summed E-state index contributed by atoms with van der Waals surface area (Å²) >= 11 is 0. The lowest BCUT2D eigenvalue weighted by molar-refractivity contribution is -0.135. The molecule has 2 aromatic heterocycles. The van der Waals surface area contributed by atoms with E-state index >= 15 is 0 Å². The zero-order valence-corrected chi connectivity index (χ0v) is 21.9. The molecule has 6 rings (SSSR count). The van der Waals surface area contributed by atoms with E-state index in [9.17, 15) is 9.59 Å². The Morgan fingerprint density at radius 2 is 1.73 bits per heavy atom. The molecule has 0 saturated heterocycles. The first-order valence-corrected chi connectivity index (χ1v) is 12.7. The number of hydrogen-bond donors (Lipinski definition) is 0. The molecule has 0 radical (unpaired) electrons. The van der Waals surface area contributed by atoms with Crippen LogP contribution in [0.2, 0.25) is 0 Å². The van der Waals surface area contributed by atoms with Gasteiger partial charge in [-0.2, -0.15) is 0 Å². The van der Waals surface area contributed by atoms with E-state index in [1.54, 1.807) is 43.6 Å². The molecule has 1 aliphatic heterocycles. The number of pyridine rings is 1. The van der Waals surface area contributed by atoms with Crippen molar-refractivity contribution in [1.29, 1.82) is 0 Å². The number of nitrogens with zero attached hydrogens (tertiary/aromatic N) is 1. The number of fused-ring (bicyclic) bond motifs is 3. The topological polar surface area (TPSA) is 97.1 Å². The first-order valence-electron chi connectivity index (χ1n) is 12.7. The molecule has 8 nitrogen and oxygen atoms in total. The highest BCUT2D eigenvalue weighted by molar-refractivity contribution is 5.90. The fourth-order valence-corrected chi connectivity index (χ4v) is 5.06. The van der Waals surface area contributed by atoms with Crippen LogP contribution in [0.3, 0.4) is 0 Å². The lowest BCUT2D eigenvalue weighted by Crippen LogP contribution is -2.22. The highest BCUT2D eigenvalue weighted by Crippen LogP contribution is 2.45. The summed E-state index contributed by atoms with van der Waals surface area (Å²) in [4.78, 5) is 30.7. The molecule has 0 spiro atoms. The van der Waals surface area contributed by atoms with Gasteiger partial charge in [-0.1, -0.05) is 30.3 Å². The van der Waals surface area contributed by atoms with Crippen LogP contribution < -0.4 is 24.4 Å². The number of esters is 1. The largest absolute Gasteiger partial charge is 0.493 e. The Kier molecular flexibility index (Phi) is 6.66. The van der Waals surface area contributed by atoms with Crippen LogP contribution in [0.4, 0.5) is 0 Å². The number of hydrogen-bond acceptors (Lipinski definition) is 8. The van der Waals surface area contributed by atoms with Crippen molar-refractivity contribution in [3.8, 4) is 34.1 Å². The molecule has 1 atom stereocenters. The van der Waals surface area contributed by atoms with Gasteiger partial charge in [0.05, 0.1) is 37.3 Å². The molecule has 5 aromatic rings. The quantitative estimate of drug-likeness (QED) is 0.188. The second kappa shape index (κ2) is 10.6. The molecular formula is C32H25NO7. The molecule has 8 heteroatoms. The summed E-state index contributed by atoms with van der Waals surface area (Å²) in [5.41, 5.74) is 3.34. The predicted octanol–water partition coefficient (Wildman–Crippen LogP) is 5.89. The van der Waals surface area contributed by atoms with Crippen LogP contribution in [0.25, 0.3) is 22.1 Å². The first-order chi connectivity index (χ1) is 19.6. The molecule has 0 N–H and O–H groups in total. The molecule has 40 heavy (non-hydrogen) atoms. The van der Waals surface area contributed by atoms with E-state index in [1.807, 2.05) is 42.5 Å². The fraction of sp³-hybridized carbons (Fsp3) is 0.156. The van der Waals surface area contributed by atoms with Crippen molar-refractivity contribution in [3.63, 3.8) is 0 Å². The van der Waals surface area contributed by atoms with Crippen molar-refractivity contribution in [2.45, 2.75) is 18.9 Å². The first kappa shape index (κ1) is 25.2. The van der Waals surface area contributed by atoms with Crippen molar-refractivity contribution < 1.29 is 28.2 Å². The molecule has 3 heterocycles. The Balaban J connectivity index is 1.45. The molecular weight excluding hydrogens is 510 g/mol. The zero-order chi connectivity index (χ0) is 27.6. The number of rotatable bonds is 7. The van der Waals surface area contributed by atoms with Crippen LogP contribution >= 0.6 is 0 Å². The fourth-order valence-electron chi connectivity index (χ4n) is 5.06. The molecule has 3 aromatic carbocycles. The third-order valence-corrected chi connectivity index (χ3v) is 6.97. The smallest absolute Gasteiger partial charge is 0.312 e. The van der Waals surface area contributed by atoms with Crippen molar-refractivity contribution >= 4 is 16.9 Å². The maximum absolute atomic E-state index is 13.7. The second-order valence-electron chi connectivity index (χ2n) is 9.28. The maximum Gasteiger partial charge on any atom is 0.312 e. The van der Waals surface area contributed by atoms with Crippen LogP contribution in [-0.4, -0.2) is 25.2 Å². The van der Waals surface area contributed by atoms with E-state index in [4.69, 9.17) is 23.4 Å². The van der Waals surface area contributed by atoms with Gasteiger partial charge in [-0.3, -0.25) is 14.6 Å². The van der Waals surface area contributed by atoms with Gasteiger partial charge >= 0.3 is 5.97 Å². The summed E-state index contributed by atoms with van der Waals surface area (Å²) in [7, 11) is 3.09. The van der Waals surface area contributed by atoms with E-state index in [0.717, 1.165) is 11.3 Å². The minimum absolute atomic E-state index is 0.0667. The SMILES string of the molecule is COc1ccc(-c2coc3c4c(ccc3c2=O)OC(=O)C[C@@H]4c2ccccc2OCc2ccccn2)cc1OC. The molecule has 0 saturated carbocycles. The van der Waals surface area contributed by atoms with Crippen LogP contribution in [0.15, 0.2) is 94.5 Å². The molecule has 1 aliphatic rings. The van der Waals surface area contributed by atoms with Crippen LogP contribution in [0.1, 0.15) is 29.2 Å². The second-order valence-corrected chi connectivity index (χ2v) is 9.28. The Hall–Kier alpha value is -5.11. The summed E-state index contributed by atoms with van der Waals surface area (Å²) < 4.78 is 28.6. The summed E-state index contributed by atoms with van der Waals surface area (Å²) in [5.74, 6) is 1.20. The third-order valence-electron chi connectivity index (χ3n) is 6.97. The lowest BCUT2D eigenvalue weighted by atomic mass is 9.84. The molecule has 0 fully saturated rings. The highest BCUT2D eigenvalue weighted by Gasteiger charge is 2.34. The average Bonchev–Trinajstić information content (AvgIpc) is 3.00. The van der Waals surface area contributed by atoms with Gasteiger partial charge in [0, 0.05) is 23.2 Å². The predicted molar refractivity (Wildman–Crippen MR) is 148 cm³/mol. The summed E-state index contributed by atoms with van der Waals surface area (Å²) in [5, 5.41) is 0.376. The summed E-state index contributed by atoms with van der Waals surface area (Å²) in [6.07, 6.45) is 3.21. The molecule has 0 amide bonds.